The number of halogens is 1. The molecule has 1 aromatic rings. The van der Waals surface area contributed by atoms with Crippen molar-refractivity contribution in [1.82, 2.24) is 14.7 Å². The smallest absolute Gasteiger partial charge is 0.303 e. The largest absolute Gasteiger partial charge is 0.481 e. The van der Waals surface area contributed by atoms with Crippen LogP contribution in [0.25, 0.3) is 0 Å². The Hall–Kier alpha value is -1.56. The zero-order valence-corrected chi connectivity index (χ0v) is 13.8. The highest BCUT2D eigenvalue weighted by atomic mass is 35.5. The lowest BCUT2D eigenvalue weighted by atomic mass is 9.93. The Morgan fingerprint density at radius 1 is 1.45 bits per heavy atom. The van der Waals surface area contributed by atoms with Gasteiger partial charge in [-0.2, -0.15) is 5.10 Å². The van der Waals surface area contributed by atoms with Crippen LogP contribution in [0.15, 0.2) is 0 Å². The first kappa shape index (κ1) is 16.8. The summed E-state index contributed by atoms with van der Waals surface area (Å²) in [4.78, 5) is 25.2. The fraction of sp³-hybridized carbons (Fsp3) is 0.667. The lowest BCUT2D eigenvalue weighted by Crippen LogP contribution is -2.40. The van der Waals surface area contributed by atoms with Crippen molar-refractivity contribution in [3.05, 3.63) is 16.4 Å². The Morgan fingerprint density at radius 2 is 2.18 bits per heavy atom. The summed E-state index contributed by atoms with van der Waals surface area (Å²) in [6.07, 6.45) is 2.63. The predicted octanol–water partition coefficient (Wildman–Crippen LogP) is 2.58. The van der Waals surface area contributed by atoms with Gasteiger partial charge in [0.15, 0.2) is 0 Å². The Morgan fingerprint density at radius 3 is 2.77 bits per heavy atom. The van der Waals surface area contributed by atoms with Gasteiger partial charge in [0, 0.05) is 26.1 Å². The molecular weight excluding hydrogens is 306 g/mol. The molecule has 2 rings (SSSR count). The van der Waals surface area contributed by atoms with Gasteiger partial charge in [0.05, 0.1) is 11.3 Å². The van der Waals surface area contributed by atoms with E-state index in [0.717, 1.165) is 12.8 Å². The zero-order chi connectivity index (χ0) is 16.3. The lowest BCUT2D eigenvalue weighted by Gasteiger charge is -2.32. The van der Waals surface area contributed by atoms with Gasteiger partial charge in [-0.3, -0.25) is 14.3 Å². The minimum Gasteiger partial charge on any atom is -0.481 e. The lowest BCUT2D eigenvalue weighted by molar-refractivity contribution is -0.137. The van der Waals surface area contributed by atoms with Gasteiger partial charge in [0.1, 0.15) is 5.15 Å². The number of nitrogens with zero attached hydrogens (tertiary/aromatic N) is 3. The molecule has 1 aromatic heterocycles. The van der Waals surface area contributed by atoms with Crippen molar-refractivity contribution >= 4 is 23.5 Å². The molecule has 1 aliphatic rings. The van der Waals surface area contributed by atoms with Gasteiger partial charge in [0.25, 0.3) is 5.91 Å². The van der Waals surface area contributed by atoms with Crippen LogP contribution in [0.3, 0.4) is 0 Å². The molecule has 1 aliphatic heterocycles. The summed E-state index contributed by atoms with van der Waals surface area (Å²) >= 11 is 6.26. The summed E-state index contributed by atoms with van der Waals surface area (Å²) in [6.45, 7) is 5.62. The molecule has 22 heavy (non-hydrogen) atoms. The summed E-state index contributed by atoms with van der Waals surface area (Å²) in [5.41, 5.74) is 1.12. The standard InChI is InChI=1S/C15H22ClN3O3/c1-3-19-14(16)13(10(2)17-19)15(22)18-8-4-5-11(9-18)6-7-12(20)21/h11H,3-9H2,1-2H3,(H,20,21)/t11-/m0/s1. The third kappa shape index (κ3) is 3.61. The van der Waals surface area contributed by atoms with Gasteiger partial charge >= 0.3 is 5.97 Å². The number of carboxylic acids is 1. The van der Waals surface area contributed by atoms with Crippen LogP contribution in [-0.4, -0.2) is 44.8 Å². The van der Waals surface area contributed by atoms with E-state index in [1.165, 1.54) is 0 Å². The maximum Gasteiger partial charge on any atom is 0.303 e. The van der Waals surface area contributed by atoms with Gasteiger partial charge in [-0.15, -0.1) is 0 Å². The summed E-state index contributed by atoms with van der Waals surface area (Å²) in [5.74, 6) is -0.636. The van der Waals surface area contributed by atoms with Crippen molar-refractivity contribution in [1.29, 1.82) is 0 Å². The van der Waals surface area contributed by atoms with Crippen LogP contribution in [0.4, 0.5) is 0 Å². The number of hydrogen-bond donors (Lipinski definition) is 1. The molecule has 6 nitrogen and oxygen atoms in total. The minimum absolute atomic E-state index is 0.0952. The number of amides is 1. The van der Waals surface area contributed by atoms with Crippen molar-refractivity contribution in [2.45, 2.75) is 46.1 Å². The first-order chi connectivity index (χ1) is 10.4. The molecule has 0 aliphatic carbocycles. The van der Waals surface area contributed by atoms with Crippen LogP contribution < -0.4 is 0 Å². The van der Waals surface area contributed by atoms with E-state index < -0.39 is 5.97 Å². The number of aromatic nitrogens is 2. The van der Waals surface area contributed by atoms with Gasteiger partial charge < -0.3 is 10.0 Å². The Kier molecular flexibility index (Phi) is 5.45. The topological polar surface area (TPSA) is 75.4 Å². The molecule has 1 fully saturated rings. The maximum absolute atomic E-state index is 12.7. The van der Waals surface area contributed by atoms with E-state index in [2.05, 4.69) is 5.10 Å². The van der Waals surface area contributed by atoms with Crippen molar-refractivity contribution in [2.75, 3.05) is 13.1 Å². The molecule has 0 aromatic carbocycles. The number of aliphatic carboxylic acids is 1. The molecule has 0 bridgehead atoms. The number of carbonyl (C=O) groups excluding carboxylic acids is 1. The third-order valence-corrected chi connectivity index (χ3v) is 4.54. The average Bonchev–Trinajstić information content (AvgIpc) is 2.79. The van der Waals surface area contributed by atoms with E-state index in [0.29, 0.717) is 42.5 Å². The molecule has 2 heterocycles. The summed E-state index contributed by atoms with van der Waals surface area (Å²) in [7, 11) is 0. The number of rotatable bonds is 5. The second kappa shape index (κ2) is 7.13. The van der Waals surface area contributed by atoms with Crippen LogP contribution in [-0.2, 0) is 11.3 Å². The number of piperidine rings is 1. The van der Waals surface area contributed by atoms with Crippen molar-refractivity contribution < 1.29 is 14.7 Å². The monoisotopic (exact) mass is 327 g/mol. The maximum atomic E-state index is 12.7. The predicted molar refractivity (Wildman–Crippen MR) is 83.1 cm³/mol. The molecule has 1 atom stereocenters. The molecule has 122 valence electrons. The van der Waals surface area contributed by atoms with Gasteiger partial charge in [-0.25, -0.2) is 0 Å². The first-order valence-corrected chi connectivity index (χ1v) is 8.05. The van der Waals surface area contributed by atoms with E-state index in [4.69, 9.17) is 16.7 Å². The molecule has 0 radical (unpaired) electrons. The number of aryl methyl sites for hydroxylation is 2. The minimum atomic E-state index is -0.786. The zero-order valence-electron chi connectivity index (χ0n) is 13.0. The highest BCUT2D eigenvalue weighted by Crippen LogP contribution is 2.26. The first-order valence-electron chi connectivity index (χ1n) is 7.68. The van der Waals surface area contributed by atoms with Gasteiger partial charge in [0.2, 0.25) is 0 Å². The number of carbonyl (C=O) groups is 2. The molecule has 0 unspecified atom stereocenters. The van der Waals surface area contributed by atoms with Gasteiger partial charge in [-0.05, 0) is 39.0 Å². The van der Waals surface area contributed by atoms with Crippen LogP contribution >= 0.6 is 11.6 Å². The van der Waals surface area contributed by atoms with E-state index >= 15 is 0 Å². The molecule has 1 saturated heterocycles. The van der Waals surface area contributed by atoms with E-state index in [1.807, 2.05) is 6.92 Å². The Bertz CT molecular complexity index is 571. The number of hydrogen-bond acceptors (Lipinski definition) is 3. The quantitative estimate of drug-likeness (QED) is 0.902. The molecule has 7 heteroatoms. The van der Waals surface area contributed by atoms with Crippen molar-refractivity contribution in [3.63, 3.8) is 0 Å². The van der Waals surface area contributed by atoms with E-state index in [-0.39, 0.29) is 18.2 Å². The second-order valence-electron chi connectivity index (χ2n) is 5.76. The second-order valence-corrected chi connectivity index (χ2v) is 6.12. The SMILES string of the molecule is CCn1nc(C)c(C(=O)N2CCC[C@@H](CCC(=O)O)C2)c1Cl. The Balaban J connectivity index is 2.09. The average molecular weight is 328 g/mol. The highest BCUT2D eigenvalue weighted by molar-refractivity contribution is 6.33. The normalized spacial score (nSPS) is 18.5. The number of likely N-dealkylation sites (tertiary alicyclic amines) is 1. The van der Waals surface area contributed by atoms with E-state index in [9.17, 15) is 9.59 Å². The fourth-order valence-corrected chi connectivity index (χ4v) is 3.35. The van der Waals surface area contributed by atoms with Crippen LogP contribution in [0.5, 0.6) is 0 Å². The van der Waals surface area contributed by atoms with Crippen LogP contribution in [0.1, 0.15) is 48.7 Å². The Labute approximate surface area is 135 Å². The summed E-state index contributed by atoms with van der Waals surface area (Å²) in [5, 5.41) is 13.5. The van der Waals surface area contributed by atoms with Gasteiger partial charge in [-0.1, -0.05) is 11.6 Å². The molecule has 0 spiro atoms. The van der Waals surface area contributed by atoms with Crippen LogP contribution in [0, 0.1) is 12.8 Å². The molecular formula is C15H22ClN3O3. The fourth-order valence-electron chi connectivity index (χ4n) is 2.98. The van der Waals surface area contributed by atoms with Crippen LogP contribution in [0.2, 0.25) is 5.15 Å². The van der Waals surface area contributed by atoms with Crippen molar-refractivity contribution in [3.8, 4) is 0 Å². The van der Waals surface area contributed by atoms with E-state index in [1.54, 1.807) is 16.5 Å². The molecule has 1 amide bonds. The summed E-state index contributed by atoms with van der Waals surface area (Å²) in [6, 6.07) is 0. The molecule has 1 N–H and O–H groups in total. The highest BCUT2D eigenvalue weighted by Gasteiger charge is 2.29. The van der Waals surface area contributed by atoms with Crippen molar-refractivity contribution in [2.24, 2.45) is 5.92 Å². The molecule has 0 saturated carbocycles. The summed E-state index contributed by atoms with van der Waals surface area (Å²) < 4.78 is 1.62. The third-order valence-electron chi connectivity index (χ3n) is 4.15. The number of carboxylic acid groups (broad SMARTS) is 1.